The van der Waals surface area contributed by atoms with Gasteiger partial charge in [0, 0.05) is 32.2 Å². The number of nitrogens with zero attached hydrogens (tertiary/aromatic N) is 6. The SMILES string of the molecule is Fc1cccc(Cl)c1C1CC(c2ccc(Cl)cc2)N=C2NN=NC21.Fc1cccc(F)c1C1C=C(c2ccc(Cl)cc2)Nc2ncnn21. The first-order valence-corrected chi connectivity index (χ1v) is 15.9. The fraction of sp³-hybridized carbons (Fsp3) is 0.147. The minimum Gasteiger partial charge on any atom is -0.324 e. The van der Waals surface area contributed by atoms with Gasteiger partial charge in [-0.1, -0.05) is 76.4 Å². The summed E-state index contributed by atoms with van der Waals surface area (Å²) in [6.45, 7) is 0. The Bertz CT molecular complexity index is 2020. The Labute approximate surface area is 288 Å². The molecule has 4 unspecified atom stereocenters. The number of rotatable bonds is 4. The molecule has 8 rings (SSSR count). The molecule has 0 spiro atoms. The Morgan fingerprint density at radius 2 is 1.42 bits per heavy atom. The van der Waals surface area contributed by atoms with E-state index in [9.17, 15) is 13.2 Å². The van der Waals surface area contributed by atoms with Gasteiger partial charge >= 0.3 is 0 Å². The minimum absolute atomic E-state index is 0.0720. The van der Waals surface area contributed by atoms with Crippen molar-refractivity contribution >= 4 is 52.3 Å². The summed E-state index contributed by atoms with van der Waals surface area (Å²) in [7, 11) is 0. The zero-order chi connectivity index (χ0) is 33.4. The van der Waals surface area contributed by atoms with Gasteiger partial charge < -0.3 is 5.32 Å². The molecule has 0 radical (unpaired) electrons. The predicted molar refractivity (Wildman–Crippen MR) is 180 cm³/mol. The monoisotopic (exact) mass is 706 g/mol. The number of aliphatic imine (C=N–C) groups is 1. The van der Waals surface area contributed by atoms with Crippen molar-refractivity contribution in [2.75, 3.05) is 5.32 Å². The summed E-state index contributed by atoms with van der Waals surface area (Å²) >= 11 is 18.2. The van der Waals surface area contributed by atoms with Gasteiger partial charge in [-0.25, -0.2) is 23.3 Å². The molecule has 14 heteroatoms. The summed E-state index contributed by atoms with van der Waals surface area (Å²) in [5.41, 5.74) is 5.74. The Morgan fingerprint density at radius 1 is 0.771 bits per heavy atom. The highest BCUT2D eigenvalue weighted by Gasteiger charge is 2.40. The molecule has 0 saturated heterocycles. The van der Waals surface area contributed by atoms with Crippen molar-refractivity contribution in [1.29, 1.82) is 0 Å². The molecule has 0 amide bonds. The summed E-state index contributed by atoms with van der Waals surface area (Å²) in [4.78, 5) is 8.80. The van der Waals surface area contributed by atoms with E-state index in [0.29, 0.717) is 44.5 Å². The van der Waals surface area contributed by atoms with Crippen LogP contribution in [0.4, 0.5) is 19.1 Å². The molecule has 4 aromatic carbocycles. The zero-order valence-corrected chi connectivity index (χ0v) is 27.0. The van der Waals surface area contributed by atoms with E-state index < -0.39 is 17.7 Å². The van der Waals surface area contributed by atoms with E-state index in [4.69, 9.17) is 34.8 Å². The van der Waals surface area contributed by atoms with Gasteiger partial charge in [0.1, 0.15) is 41.7 Å². The summed E-state index contributed by atoms with van der Waals surface area (Å²) in [6.07, 6.45) is 3.65. The van der Waals surface area contributed by atoms with E-state index in [1.165, 1.54) is 35.3 Å². The predicted octanol–water partition coefficient (Wildman–Crippen LogP) is 9.36. The molecule has 0 bridgehead atoms. The maximum absolute atomic E-state index is 14.4. The average molecular weight is 708 g/mol. The minimum atomic E-state index is -0.740. The van der Waals surface area contributed by atoms with Gasteiger partial charge in [-0.05, 0) is 72.2 Å². The third-order valence-corrected chi connectivity index (χ3v) is 9.10. The molecule has 48 heavy (non-hydrogen) atoms. The van der Waals surface area contributed by atoms with Gasteiger partial charge in [0.2, 0.25) is 5.95 Å². The van der Waals surface area contributed by atoms with Gasteiger partial charge in [-0.3, -0.25) is 4.99 Å². The van der Waals surface area contributed by atoms with Crippen molar-refractivity contribution in [2.45, 2.75) is 30.5 Å². The molecule has 2 N–H and O–H groups in total. The second-order valence-corrected chi connectivity index (χ2v) is 12.4. The smallest absolute Gasteiger partial charge is 0.226 e. The van der Waals surface area contributed by atoms with E-state index in [1.54, 1.807) is 30.3 Å². The number of nitrogens with one attached hydrogen (secondary N) is 2. The van der Waals surface area contributed by atoms with Gasteiger partial charge in [-0.2, -0.15) is 15.2 Å². The topological polar surface area (TPSA) is 91.8 Å². The lowest BCUT2D eigenvalue weighted by Gasteiger charge is -2.30. The van der Waals surface area contributed by atoms with Gasteiger partial charge in [0.25, 0.3) is 0 Å². The van der Waals surface area contributed by atoms with E-state index in [2.05, 4.69) is 36.2 Å². The quantitative estimate of drug-likeness (QED) is 0.195. The zero-order valence-electron chi connectivity index (χ0n) is 24.7. The van der Waals surface area contributed by atoms with Crippen molar-refractivity contribution in [3.63, 3.8) is 0 Å². The fourth-order valence-corrected chi connectivity index (χ4v) is 6.55. The molecule has 8 nitrogen and oxygen atoms in total. The molecule has 3 aliphatic rings. The van der Waals surface area contributed by atoms with Crippen LogP contribution in [0.1, 0.15) is 46.7 Å². The molecule has 1 aromatic heterocycles. The second kappa shape index (κ2) is 13.4. The second-order valence-electron chi connectivity index (χ2n) is 11.2. The average Bonchev–Trinajstić information content (AvgIpc) is 3.76. The number of aromatic nitrogens is 3. The number of amidine groups is 1. The van der Waals surface area contributed by atoms with Crippen molar-refractivity contribution < 1.29 is 13.2 Å². The van der Waals surface area contributed by atoms with Crippen LogP contribution in [-0.4, -0.2) is 26.6 Å². The number of anilines is 1. The Kier molecular flexibility index (Phi) is 8.91. The third kappa shape index (κ3) is 6.28. The number of halogens is 6. The van der Waals surface area contributed by atoms with E-state index in [0.717, 1.165) is 11.1 Å². The van der Waals surface area contributed by atoms with Crippen LogP contribution in [0.15, 0.2) is 113 Å². The Hall–Kier alpha value is -4.71. The van der Waals surface area contributed by atoms with Crippen LogP contribution in [0.2, 0.25) is 15.1 Å². The molecular formula is C34H24Cl3F3N8. The molecule has 4 atom stereocenters. The maximum atomic E-state index is 14.4. The third-order valence-electron chi connectivity index (χ3n) is 8.26. The van der Waals surface area contributed by atoms with E-state index >= 15 is 0 Å². The molecular weight excluding hydrogens is 684 g/mol. The Balaban J connectivity index is 0.000000152. The first-order valence-electron chi connectivity index (χ1n) is 14.8. The van der Waals surface area contributed by atoms with Crippen LogP contribution in [-0.2, 0) is 0 Å². The lowest BCUT2D eigenvalue weighted by atomic mass is 9.81. The lowest BCUT2D eigenvalue weighted by Crippen LogP contribution is -2.35. The van der Waals surface area contributed by atoms with Crippen molar-refractivity contribution in [2.24, 2.45) is 15.3 Å². The number of benzene rings is 4. The van der Waals surface area contributed by atoms with Crippen molar-refractivity contribution in [1.82, 2.24) is 20.2 Å². The summed E-state index contributed by atoms with van der Waals surface area (Å²) in [5.74, 6) is -0.762. The van der Waals surface area contributed by atoms with Crippen LogP contribution in [0.25, 0.3) is 5.70 Å². The molecule has 242 valence electrons. The highest BCUT2D eigenvalue weighted by Crippen LogP contribution is 2.43. The molecule has 0 fully saturated rings. The Morgan fingerprint density at radius 3 is 2.10 bits per heavy atom. The maximum Gasteiger partial charge on any atom is 0.226 e. The van der Waals surface area contributed by atoms with Crippen LogP contribution in [0.3, 0.4) is 0 Å². The van der Waals surface area contributed by atoms with Gasteiger partial charge in [0.05, 0.1) is 11.6 Å². The first kappa shape index (κ1) is 31.9. The standard InChI is InChI=1S/C17H13Cl2FN4.C17H11ClF2N4/c18-10-6-4-9(5-7-10)14-8-11(16-17(21-14)23-24-22-16)15-12(19)2-1-3-13(15)20;18-11-6-4-10(5-7-11)14-8-15(24-17(23-14)21-9-22-24)16-12(19)2-1-3-13(16)20/h1-7,11,14,16H,8H2,(H,21,22,23);1-9,15H,(H,21,22,23). The van der Waals surface area contributed by atoms with Gasteiger partial charge in [0.15, 0.2) is 0 Å². The van der Waals surface area contributed by atoms with Crippen LogP contribution < -0.4 is 10.7 Å². The molecule has 0 saturated carbocycles. The highest BCUT2D eigenvalue weighted by atomic mass is 35.5. The first-order chi connectivity index (χ1) is 23.3. The number of fused-ring (bicyclic) bond motifs is 2. The molecule has 0 aliphatic carbocycles. The normalized spacial score (nSPS) is 20.7. The van der Waals surface area contributed by atoms with Crippen LogP contribution >= 0.6 is 34.8 Å². The van der Waals surface area contributed by atoms with E-state index in [1.807, 2.05) is 36.4 Å². The summed E-state index contributed by atoms with van der Waals surface area (Å²) in [5, 5.41) is 16.9. The lowest BCUT2D eigenvalue weighted by molar-refractivity contribution is 0.469. The number of hydrogen-bond acceptors (Lipinski definition) is 7. The van der Waals surface area contributed by atoms with Crippen LogP contribution in [0.5, 0.6) is 0 Å². The fourth-order valence-electron chi connectivity index (χ4n) is 6.00. The van der Waals surface area contributed by atoms with E-state index in [-0.39, 0.29) is 29.4 Å². The highest BCUT2D eigenvalue weighted by molar-refractivity contribution is 6.31. The van der Waals surface area contributed by atoms with Crippen molar-refractivity contribution in [3.8, 4) is 0 Å². The van der Waals surface area contributed by atoms with Crippen molar-refractivity contribution in [3.05, 3.63) is 152 Å². The largest absolute Gasteiger partial charge is 0.324 e. The molecule has 4 heterocycles. The summed E-state index contributed by atoms with van der Waals surface area (Å²) in [6, 6.07) is 22.0. The molecule has 5 aromatic rings. The number of allylic oxidation sites excluding steroid dienone is 1. The summed E-state index contributed by atoms with van der Waals surface area (Å²) < 4.78 is 44.4. The van der Waals surface area contributed by atoms with Crippen LogP contribution in [0, 0.1) is 17.5 Å². The van der Waals surface area contributed by atoms with Gasteiger partial charge in [-0.15, -0.1) is 0 Å². The number of hydrogen-bond donors (Lipinski definition) is 2. The molecule has 3 aliphatic heterocycles.